The van der Waals surface area contributed by atoms with E-state index in [9.17, 15) is 9.59 Å². The lowest BCUT2D eigenvalue weighted by molar-refractivity contribution is -0.123. The summed E-state index contributed by atoms with van der Waals surface area (Å²) in [5, 5.41) is 10.0. The van der Waals surface area contributed by atoms with Crippen LogP contribution >= 0.6 is 11.6 Å². The minimum Gasteiger partial charge on any atom is -0.493 e. The molecule has 2 aliphatic rings. The van der Waals surface area contributed by atoms with Crippen LogP contribution in [0.1, 0.15) is 11.5 Å². The minimum atomic E-state index is -0.920. The number of benzene rings is 2. The number of fused-ring (bicyclic) bond motifs is 1. The molecule has 1 fully saturated rings. The molecule has 0 spiro atoms. The lowest BCUT2D eigenvalue weighted by atomic mass is 10.1. The van der Waals surface area contributed by atoms with Gasteiger partial charge in [-0.25, -0.2) is 9.88 Å². The second-order valence-corrected chi connectivity index (χ2v) is 8.18. The van der Waals surface area contributed by atoms with E-state index < -0.39 is 23.9 Å². The number of aromatic nitrogens is 1. The third-order valence-corrected chi connectivity index (χ3v) is 6.00. The van der Waals surface area contributed by atoms with Crippen molar-refractivity contribution >= 4 is 29.1 Å². The molecular formula is C23H20ClN5O5. The summed E-state index contributed by atoms with van der Waals surface area (Å²) >= 11 is 6.05. The maximum absolute atomic E-state index is 13.2. The molecule has 0 N–H and O–H groups in total. The van der Waals surface area contributed by atoms with E-state index in [1.54, 1.807) is 44.4 Å². The topological polar surface area (TPSA) is 110 Å². The Labute approximate surface area is 199 Å². The maximum Gasteiger partial charge on any atom is 0.263 e. The summed E-state index contributed by atoms with van der Waals surface area (Å²) in [6.07, 6.45) is 0. The zero-order valence-corrected chi connectivity index (χ0v) is 19.3. The molecule has 0 aliphatic carbocycles. The predicted molar refractivity (Wildman–Crippen MR) is 122 cm³/mol. The molecule has 2 atom stereocenters. The number of carbonyl (C=O) groups is 2. The average molecular weight is 482 g/mol. The summed E-state index contributed by atoms with van der Waals surface area (Å²) in [6, 6.07) is 10.2. The van der Waals surface area contributed by atoms with Gasteiger partial charge in [-0.05, 0) is 37.3 Å². The van der Waals surface area contributed by atoms with Crippen molar-refractivity contribution in [3.8, 4) is 23.0 Å². The van der Waals surface area contributed by atoms with E-state index in [1.807, 2.05) is 12.1 Å². The first kappa shape index (κ1) is 21.9. The Bertz CT molecular complexity index is 1320. The molecule has 0 bridgehead atoms. The van der Waals surface area contributed by atoms with Crippen molar-refractivity contribution in [2.45, 2.75) is 25.6 Å². The number of aryl methyl sites for hydroxylation is 1. The van der Waals surface area contributed by atoms with Crippen molar-refractivity contribution in [1.29, 1.82) is 0 Å². The molecule has 2 amide bonds. The maximum atomic E-state index is 13.2. The summed E-state index contributed by atoms with van der Waals surface area (Å²) in [7, 11) is 3.09. The minimum absolute atomic E-state index is 0.134. The number of anilines is 1. The fraction of sp³-hybridized carbons (Fsp3) is 0.261. The lowest BCUT2D eigenvalue weighted by Gasteiger charge is -2.20. The van der Waals surface area contributed by atoms with Gasteiger partial charge in [-0.15, -0.1) is 0 Å². The second-order valence-electron chi connectivity index (χ2n) is 7.75. The van der Waals surface area contributed by atoms with Crippen LogP contribution in [0.5, 0.6) is 11.5 Å². The second kappa shape index (κ2) is 8.45. The van der Waals surface area contributed by atoms with Crippen LogP contribution in [0.15, 0.2) is 57.2 Å². The zero-order valence-electron chi connectivity index (χ0n) is 18.6. The van der Waals surface area contributed by atoms with E-state index in [0.29, 0.717) is 45.1 Å². The summed E-state index contributed by atoms with van der Waals surface area (Å²) in [4.78, 5) is 31.8. The molecule has 3 heterocycles. The molecule has 2 aromatic carbocycles. The number of oxazole rings is 1. The van der Waals surface area contributed by atoms with Crippen LogP contribution < -0.4 is 14.4 Å². The Hall–Kier alpha value is -3.92. The Morgan fingerprint density at radius 2 is 1.88 bits per heavy atom. The largest absolute Gasteiger partial charge is 0.493 e. The number of carbonyl (C=O) groups excluding carboxylic acids is 2. The first-order valence-corrected chi connectivity index (χ1v) is 10.8. The van der Waals surface area contributed by atoms with Crippen LogP contribution in [0, 0.1) is 6.92 Å². The van der Waals surface area contributed by atoms with Gasteiger partial charge >= 0.3 is 0 Å². The molecule has 2 aliphatic heterocycles. The highest BCUT2D eigenvalue weighted by atomic mass is 35.5. The van der Waals surface area contributed by atoms with E-state index >= 15 is 0 Å². The van der Waals surface area contributed by atoms with Gasteiger partial charge in [0.05, 0.1) is 32.0 Å². The fourth-order valence-electron chi connectivity index (χ4n) is 4.12. The third-order valence-electron chi connectivity index (χ3n) is 5.76. The van der Waals surface area contributed by atoms with Crippen molar-refractivity contribution in [3.63, 3.8) is 0 Å². The van der Waals surface area contributed by atoms with Crippen LogP contribution in [0.25, 0.3) is 11.5 Å². The smallest absolute Gasteiger partial charge is 0.263 e. The van der Waals surface area contributed by atoms with Gasteiger partial charge in [-0.1, -0.05) is 29.0 Å². The van der Waals surface area contributed by atoms with E-state index in [4.69, 9.17) is 25.5 Å². The van der Waals surface area contributed by atoms with Gasteiger partial charge in [0.2, 0.25) is 5.89 Å². The fourth-order valence-corrected chi connectivity index (χ4v) is 4.31. The van der Waals surface area contributed by atoms with E-state index in [-0.39, 0.29) is 6.54 Å². The molecule has 0 radical (unpaired) electrons. The van der Waals surface area contributed by atoms with Gasteiger partial charge in [-0.3, -0.25) is 14.6 Å². The van der Waals surface area contributed by atoms with Gasteiger partial charge in [0.15, 0.2) is 23.6 Å². The average Bonchev–Trinajstić information content (AvgIpc) is 3.48. The number of nitrogens with zero attached hydrogens (tertiary/aromatic N) is 5. The number of hydrogen-bond donors (Lipinski definition) is 0. The summed E-state index contributed by atoms with van der Waals surface area (Å²) in [6.45, 7) is 1.90. The standard InChI is InChI=1S/C23H20ClN5O5/c1-12-16(25-21(34-12)15-8-5-9-17(32-2)20(15)33-3)11-28-19-18(26-27-28)22(30)29(23(19)31)14-7-4-6-13(24)10-14/h4-10,18-19H,11H2,1-3H3. The molecular weight excluding hydrogens is 462 g/mol. The quantitative estimate of drug-likeness (QED) is 0.492. The monoisotopic (exact) mass is 481 g/mol. The summed E-state index contributed by atoms with van der Waals surface area (Å²) < 4.78 is 16.7. The highest BCUT2D eigenvalue weighted by molar-refractivity contribution is 6.31. The number of rotatable bonds is 6. The van der Waals surface area contributed by atoms with Gasteiger partial charge < -0.3 is 13.9 Å². The van der Waals surface area contributed by atoms with Crippen LogP contribution in [0.2, 0.25) is 5.02 Å². The van der Waals surface area contributed by atoms with E-state index in [2.05, 4.69) is 15.3 Å². The number of amides is 2. The number of para-hydroxylation sites is 1. The Kier molecular flexibility index (Phi) is 5.45. The molecule has 0 saturated carbocycles. The molecule has 1 saturated heterocycles. The number of hydrogen-bond acceptors (Lipinski definition) is 9. The number of halogens is 1. The molecule has 11 heteroatoms. The van der Waals surface area contributed by atoms with Crippen LogP contribution in [-0.4, -0.2) is 48.1 Å². The normalized spacial score (nSPS) is 19.2. The molecule has 174 valence electrons. The van der Waals surface area contributed by atoms with Gasteiger partial charge in [0, 0.05) is 5.02 Å². The predicted octanol–water partition coefficient (Wildman–Crippen LogP) is 3.81. The van der Waals surface area contributed by atoms with Crippen LogP contribution in [-0.2, 0) is 16.1 Å². The van der Waals surface area contributed by atoms with Crippen LogP contribution in [0.3, 0.4) is 0 Å². The van der Waals surface area contributed by atoms with Crippen molar-refractivity contribution in [2.24, 2.45) is 10.3 Å². The molecule has 10 nitrogen and oxygen atoms in total. The lowest BCUT2D eigenvalue weighted by Crippen LogP contribution is -2.39. The molecule has 5 rings (SSSR count). The first-order valence-electron chi connectivity index (χ1n) is 10.4. The Morgan fingerprint density at radius 3 is 2.62 bits per heavy atom. The summed E-state index contributed by atoms with van der Waals surface area (Å²) in [5.41, 5.74) is 1.58. The number of ether oxygens (including phenoxy) is 2. The molecule has 3 aromatic rings. The van der Waals surface area contributed by atoms with Crippen molar-refractivity contribution in [3.05, 3.63) is 58.9 Å². The Balaban J connectivity index is 1.42. The number of imide groups is 1. The van der Waals surface area contributed by atoms with E-state index in [0.717, 1.165) is 4.90 Å². The van der Waals surface area contributed by atoms with Crippen molar-refractivity contribution in [2.75, 3.05) is 19.1 Å². The number of methoxy groups -OCH3 is 2. The van der Waals surface area contributed by atoms with Crippen molar-refractivity contribution < 1.29 is 23.5 Å². The third kappa shape index (κ3) is 3.47. The zero-order chi connectivity index (χ0) is 24.0. The highest BCUT2D eigenvalue weighted by Gasteiger charge is 2.55. The first-order chi connectivity index (χ1) is 16.4. The van der Waals surface area contributed by atoms with Crippen LogP contribution in [0.4, 0.5) is 5.69 Å². The van der Waals surface area contributed by atoms with Gasteiger partial charge in [0.1, 0.15) is 11.5 Å². The molecule has 2 unspecified atom stereocenters. The SMILES string of the molecule is COc1cccc(-c2nc(CN3N=NC4C(=O)N(c5cccc(Cl)c5)C(=O)C43)c(C)o2)c1OC. The Morgan fingerprint density at radius 1 is 1.09 bits per heavy atom. The molecule has 34 heavy (non-hydrogen) atoms. The van der Waals surface area contributed by atoms with Gasteiger partial charge in [-0.2, -0.15) is 5.11 Å². The summed E-state index contributed by atoms with van der Waals surface area (Å²) in [5.74, 6) is 1.06. The van der Waals surface area contributed by atoms with E-state index in [1.165, 1.54) is 12.1 Å². The van der Waals surface area contributed by atoms with Crippen molar-refractivity contribution in [1.82, 2.24) is 9.99 Å². The van der Waals surface area contributed by atoms with Gasteiger partial charge in [0.25, 0.3) is 11.8 Å². The highest BCUT2D eigenvalue weighted by Crippen LogP contribution is 2.39. The molecule has 1 aromatic heterocycles.